The van der Waals surface area contributed by atoms with Gasteiger partial charge in [0.2, 0.25) is 0 Å². The van der Waals surface area contributed by atoms with E-state index in [1.165, 1.54) is 6.20 Å². The zero-order valence-electron chi connectivity index (χ0n) is 12.5. The molecular formula is C15H16N6O2. The second-order valence-electron chi connectivity index (χ2n) is 5.52. The molecule has 8 heteroatoms. The zero-order chi connectivity index (χ0) is 16.6. The summed E-state index contributed by atoms with van der Waals surface area (Å²) in [6.45, 7) is 0.540. The van der Waals surface area contributed by atoms with Crippen molar-refractivity contribution < 1.29 is 10.0 Å². The minimum atomic E-state index is -0.738. The fraction of sp³-hybridized carbons (Fsp3) is 0.267. The number of rotatable bonds is 3. The highest BCUT2D eigenvalue weighted by Gasteiger charge is 2.29. The van der Waals surface area contributed by atoms with E-state index in [2.05, 4.69) is 16.3 Å². The van der Waals surface area contributed by atoms with Crippen molar-refractivity contribution in [3.05, 3.63) is 41.1 Å². The van der Waals surface area contributed by atoms with Gasteiger partial charge in [-0.1, -0.05) is 12.1 Å². The van der Waals surface area contributed by atoms with Gasteiger partial charge in [-0.15, -0.1) is 0 Å². The number of anilines is 2. The molecule has 0 bridgehead atoms. The Morgan fingerprint density at radius 3 is 3.13 bits per heavy atom. The number of nitrogens with one attached hydrogen (secondary N) is 1. The van der Waals surface area contributed by atoms with Gasteiger partial charge in [-0.25, -0.2) is 0 Å². The van der Waals surface area contributed by atoms with Gasteiger partial charge in [0.1, 0.15) is 17.5 Å². The molecule has 1 atom stereocenters. The molecule has 8 nitrogen and oxygen atoms in total. The van der Waals surface area contributed by atoms with Gasteiger partial charge < -0.3 is 10.6 Å². The molecule has 118 valence electrons. The zero-order valence-corrected chi connectivity index (χ0v) is 12.5. The number of nitrogens with zero attached hydrogens (tertiary/aromatic N) is 4. The second-order valence-corrected chi connectivity index (χ2v) is 5.52. The second kappa shape index (κ2) is 5.72. The SMILES string of the molecule is CN(Cc1ccc2c(c1)C[C@H](N)C(=O)N2O)c1[nH]ncc1C#N. The van der Waals surface area contributed by atoms with Crippen molar-refractivity contribution in [3.63, 3.8) is 0 Å². The summed E-state index contributed by atoms with van der Waals surface area (Å²) in [6.07, 6.45) is 1.86. The molecule has 0 radical (unpaired) electrons. The van der Waals surface area contributed by atoms with Crippen molar-refractivity contribution in [2.45, 2.75) is 19.0 Å². The van der Waals surface area contributed by atoms with Crippen LogP contribution in [0.15, 0.2) is 24.4 Å². The average Bonchev–Trinajstić information content (AvgIpc) is 3.01. The van der Waals surface area contributed by atoms with Gasteiger partial charge in [-0.05, 0) is 23.6 Å². The molecule has 1 aromatic heterocycles. The van der Waals surface area contributed by atoms with E-state index >= 15 is 0 Å². The lowest BCUT2D eigenvalue weighted by Crippen LogP contribution is -2.47. The van der Waals surface area contributed by atoms with E-state index in [1.807, 2.05) is 24.1 Å². The Bertz CT molecular complexity index is 794. The Kier molecular flexibility index (Phi) is 3.73. The summed E-state index contributed by atoms with van der Waals surface area (Å²) in [4.78, 5) is 13.6. The highest BCUT2D eigenvalue weighted by molar-refractivity contribution is 5.98. The van der Waals surface area contributed by atoms with Gasteiger partial charge in [0.15, 0.2) is 0 Å². The number of hydrogen-bond donors (Lipinski definition) is 3. The van der Waals surface area contributed by atoms with E-state index in [0.29, 0.717) is 35.1 Å². The Morgan fingerprint density at radius 1 is 1.61 bits per heavy atom. The van der Waals surface area contributed by atoms with Crippen molar-refractivity contribution in [2.24, 2.45) is 5.73 Å². The number of nitriles is 1. The van der Waals surface area contributed by atoms with Crippen molar-refractivity contribution >= 4 is 17.4 Å². The van der Waals surface area contributed by atoms with Crippen molar-refractivity contribution in [3.8, 4) is 6.07 Å². The summed E-state index contributed by atoms with van der Waals surface area (Å²) in [6, 6.07) is 6.77. The average molecular weight is 312 g/mol. The number of aromatic amines is 1. The number of benzene rings is 1. The van der Waals surface area contributed by atoms with E-state index in [4.69, 9.17) is 11.0 Å². The van der Waals surface area contributed by atoms with Crippen LogP contribution in [0.1, 0.15) is 16.7 Å². The van der Waals surface area contributed by atoms with Gasteiger partial charge in [0.25, 0.3) is 5.91 Å². The molecular weight excluding hydrogens is 296 g/mol. The third-order valence-corrected chi connectivity index (χ3v) is 3.88. The fourth-order valence-electron chi connectivity index (χ4n) is 2.71. The van der Waals surface area contributed by atoms with Crippen molar-refractivity contribution in [2.75, 3.05) is 17.0 Å². The van der Waals surface area contributed by atoms with Gasteiger partial charge >= 0.3 is 0 Å². The van der Waals surface area contributed by atoms with Gasteiger partial charge in [-0.2, -0.15) is 15.4 Å². The first-order chi connectivity index (χ1) is 11.0. The van der Waals surface area contributed by atoms with Gasteiger partial charge in [0.05, 0.1) is 17.9 Å². The van der Waals surface area contributed by atoms with E-state index in [1.54, 1.807) is 6.07 Å². The molecule has 4 N–H and O–H groups in total. The molecule has 3 rings (SSSR count). The number of H-pyrrole nitrogens is 1. The molecule has 2 aromatic rings. The lowest BCUT2D eigenvalue weighted by atomic mass is 9.97. The Morgan fingerprint density at radius 2 is 2.39 bits per heavy atom. The van der Waals surface area contributed by atoms with Gasteiger partial charge in [-0.3, -0.25) is 15.1 Å². The summed E-state index contributed by atoms with van der Waals surface area (Å²) in [7, 11) is 1.85. The first-order valence-corrected chi connectivity index (χ1v) is 7.06. The number of hydrogen-bond acceptors (Lipinski definition) is 6. The highest BCUT2D eigenvalue weighted by Crippen LogP contribution is 2.28. The summed E-state index contributed by atoms with van der Waals surface area (Å²) in [5, 5.41) is 26.2. The molecule has 1 amide bonds. The van der Waals surface area contributed by atoms with Crippen LogP contribution in [0, 0.1) is 11.3 Å². The lowest BCUT2D eigenvalue weighted by molar-refractivity contribution is -0.125. The Hall–Kier alpha value is -2.89. The van der Waals surface area contributed by atoms with Crippen LogP contribution in [0.3, 0.4) is 0 Å². The van der Waals surface area contributed by atoms with Crippen LogP contribution >= 0.6 is 0 Å². The number of fused-ring (bicyclic) bond motifs is 1. The highest BCUT2D eigenvalue weighted by atomic mass is 16.5. The molecule has 0 aliphatic carbocycles. The number of carbonyl (C=O) groups excluding carboxylic acids is 1. The number of hydroxylamine groups is 1. The molecule has 0 fully saturated rings. The molecule has 0 spiro atoms. The fourth-order valence-corrected chi connectivity index (χ4v) is 2.71. The summed E-state index contributed by atoms with van der Waals surface area (Å²) >= 11 is 0. The van der Waals surface area contributed by atoms with E-state index in [-0.39, 0.29) is 0 Å². The number of nitrogens with two attached hydrogens (primary N) is 1. The normalized spacial score (nSPS) is 16.9. The first-order valence-electron chi connectivity index (χ1n) is 7.06. The predicted octanol–water partition coefficient (Wildman–Crippen LogP) is 0.523. The molecule has 0 saturated carbocycles. The van der Waals surface area contributed by atoms with Gasteiger partial charge in [0, 0.05) is 13.6 Å². The minimum absolute atomic E-state index is 0.385. The standard InChI is InChI=1S/C15H16N6O2/c1-20(14-11(6-16)7-18-19-14)8-9-2-3-13-10(4-9)5-12(17)15(22)21(13)23/h2-4,7,12,23H,5,8,17H2,1H3,(H,18,19)/t12-/m0/s1. The maximum absolute atomic E-state index is 11.7. The van der Waals surface area contributed by atoms with Crippen LogP contribution in [0.4, 0.5) is 11.5 Å². The van der Waals surface area contributed by atoms with Crippen LogP contribution in [-0.4, -0.2) is 34.4 Å². The summed E-state index contributed by atoms with van der Waals surface area (Å²) < 4.78 is 0. The Labute approximate surface area is 132 Å². The molecule has 1 aliphatic heterocycles. The minimum Gasteiger partial charge on any atom is -0.355 e. The topological polar surface area (TPSA) is 122 Å². The van der Waals surface area contributed by atoms with Crippen LogP contribution < -0.4 is 15.7 Å². The van der Waals surface area contributed by atoms with E-state index in [9.17, 15) is 10.0 Å². The Balaban J connectivity index is 1.84. The number of amides is 1. The monoisotopic (exact) mass is 312 g/mol. The maximum Gasteiger partial charge on any atom is 0.267 e. The maximum atomic E-state index is 11.7. The van der Waals surface area contributed by atoms with E-state index < -0.39 is 11.9 Å². The van der Waals surface area contributed by atoms with Crippen LogP contribution in [0.5, 0.6) is 0 Å². The van der Waals surface area contributed by atoms with Crippen LogP contribution in [0.2, 0.25) is 0 Å². The van der Waals surface area contributed by atoms with Crippen molar-refractivity contribution in [1.82, 2.24) is 10.2 Å². The molecule has 23 heavy (non-hydrogen) atoms. The number of carbonyl (C=O) groups is 1. The quantitative estimate of drug-likeness (QED) is 0.710. The largest absolute Gasteiger partial charge is 0.355 e. The smallest absolute Gasteiger partial charge is 0.267 e. The lowest BCUT2D eigenvalue weighted by Gasteiger charge is -2.28. The molecule has 0 unspecified atom stereocenters. The third-order valence-electron chi connectivity index (χ3n) is 3.88. The number of aromatic nitrogens is 2. The summed E-state index contributed by atoms with van der Waals surface area (Å²) in [5.74, 6) is 0.138. The van der Waals surface area contributed by atoms with Crippen molar-refractivity contribution in [1.29, 1.82) is 5.26 Å². The van der Waals surface area contributed by atoms with Crippen LogP contribution in [-0.2, 0) is 17.8 Å². The van der Waals surface area contributed by atoms with Crippen LogP contribution in [0.25, 0.3) is 0 Å². The molecule has 0 saturated heterocycles. The summed E-state index contributed by atoms with van der Waals surface area (Å²) in [5.41, 5.74) is 8.46. The molecule has 2 heterocycles. The molecule has 1 aromatic carbocycles. The predicted molar refractivity (Wildman–Crippen MR) is 82.8 cm³/mol. The third kappa shape index (κ3) is 2.63. The van der Waals surface area contributed by atoms with E-state index in [0.717, 1.165) is 11.1 Å². The molecule has 1 aliphatic rings. The first kappa shape index (κ1) is 15.0.